The number of halogens is 2. The Morgan fingerprint density at radius 1 is 1.13 bits per heavy atom. The molecule has 0 saturated heterocycles. The molecular formula is C17H15Cl2N3O. The van der Waals surface area contributed by atoms with Gasteiger partial charge in [0, 0.05) is 17.8 Å². The van der Waals surface area contributed by atoms with E-state index in [4.69, 9.17) is 23.2 Å². The van der Waals surface area contributed by atoms with Crippen molar-refractivity contribution in [1.29, 1.82) is 0 Å². The predicted octanol–water partition coefficient (Wildman–Crippen LogP) is 4.13. The van der Waals surface area contributed by atoms with Gasteiger partial charge in [-0.15, -0.1) is 0 Å². The van der Waals surface area contributed by atoms with E-state index in [2.05, 4.69) is 10.3 Å². The minimum atomic E-state index is -0.174. The molecule has 0 unspecified atom stereocenters. The van der Waals surface area contributed by atoms with Crippen LogP contribution in [0.15, 0.2) is 42.6 Å². The largest absolute Gasteiger partial charge is 0.347 e. The van der Waals surface area contributed by atoms with Gasteiger partial charge in [0.1, 0.15) is 11.3 Å². The van der Waals surface area contributed by atoms with Crippen LogP contribution in [0.4, 0.5) is 0 Å². The number of hydrogen-bond acceptors (Lipinski definition) is 2. The minimum Gasteiger partial charge on any atom is -0.347 e. The molecule has 0 aliphatic rings. The fourth-order valence-electron chi connectivity index (χ4n) is 2.42. The summed E-state index contributed by atoms with van der Waals surface area (Å²) in [4.78, 5) is 17.1. The third kappa shape index (κ3) is 3.33. The second-order valence-electron chi connectivity index (χ2n) is 5.15. The van der Waals surface area contributed by atoms with Gasteiger partial charge >= 0.3 is 0 Å². The molecule has 3 aromatic rings. The molecule has 0 bridgehead atoms. The SMILES string of the molecule is CCc1nc2ccc(Cl)cn2c1C(=O)NCc1ccc(Cl)cc1. The Kier molecular flexibility index (Phi) is 4.55. The molecule has 3 rings (SSSR count). The molecule has 6 heteroatoms. The first-order valence-electron chi connectivity index (χ1n) is 7.27. The molecule has 2 aromatic heterocycles. The predicted molar refractivity (Wildman–Crippen MR) is 92.2 cm³/mol. The molecule has 1 N–H and O–H groups in total. The standard InChI is InChI=1S/C17H15Cl2N3O/c1-2-14-16(22-10-13(19)7-8-15(22)21-14)17(23)20-9-11-3-5-12(18)6-4-11/h3-8,10H,2,9H2,1H3,(H,20,23). The number of hydrogen-bond donors (Lipinski definition) is 1. The molecule has 23 heavy (non-hydrogen) atoms. The molecule has 118 valence electrons. The highest BCUT2D eigenvalue weighted by atomic mass is 35.5. The second kappa shape index (κ2) is 6.60. The highest BCUT2D eigenvalue weighted by Crippen LogP contribution is 2.17. The summed E-state index contributed by atoms with van der Waals surface area (Å²) in [5.74, 6) is -0.174. The molecule has 2 heterocycles. The van der Waals surface area contributed by atoms with Gasteiger partial charge in [-0.05, 0) is 36.2 Å². The van der Waals surface area contributed by atoms with E-state index in [0.717, 1.165) is 11.3 Å². The maximum absolute atomic E-state index is 12.6. The molecule has 0 spiro atoms. The van der Waals surface area contributed by atoms with Crippen molar-refractivity contribution in [3.8, 4) is 0 Å². The maximum Gasteiger partial charge on any atom is 0.270 e. The van der Waals surface area contributed by atoms with Gasteiger partial charge in [-0.2, -0.15) is 0 Å². The molecular weight excluding hydrogens is 333 g/mol. The fraction of sp³-hybridized carbons (Fsp3) is 0.176. The van der Waals surface area contributed by atoms with Crippen LogP contribution in [0.2, 0.25) is 10.0 Å². The third-order valence-electron chi connectivity index (χ3n) is 3.57. The van der Waals surface area contributed by atoms with Gasteiger partial charge in [0.15, 0.2) is 0 Å². The zero-order valence-electron chi connectivity index (χ0n) is 12.5. The number of carbonyl (C=O) groups excluding carboxylic acids is 1. The van der Waals surface area contributed by atoms with Crippen LogP contribution in [0, 0.1) is 0 Å². The number of pyridine rings is 1. The number of aryl methyl sites for hydroxylation is 1. The van der Waals surface area contributed by atoms with Crippen molar-refractivity contribution in [1.82, 2.24) is 14.7 Å². The minimum absolute atomic E-state index is 0.174. The Balaban J connectivity index is 1.87. The lowest BCUT2D eigenvalue weighted by atomic mass is 10.2. The molecule has 0 radical (unpaired) electrons. The lowest BCUT2D eigenvalue weighted by molar-refractivity contribution is 0.0944. The van der Waals surface area contributed by atoms with Gasteiger partial charge < -0.3 is 5.32 Å². The highest BCUT2D eigenvalue weighted by Gasteiger charge is 2.18. The summed E-state index contributed by atoms with van der Waals surface area (Å²) in [5.41, 5.74) is 2.97. The summed E-state index contributed by atoms with van der Waals surface area (Å²) in [6.07, 6.45) is 2.38. The van der Waals surface area contributed by atoms with E-state index >= 15 is 0 Å². The molecule has 0 atom stereocenters. The zero-order chi connectivity index (χ0) is 16.4. The lowest BCUT2D eigenvalue weighted by Crippen LogP contribution is -2.25. The summed E-state index contributed by atoms with van der Waals surface area (Å²) in [5, 5.41) is 4.15. The number of carbonyl (C=O) groups is 1. The highest BCUT2D eigenvalue weighted by molar-refractivity contribution is 6.30. The number of benzene rings is 1. The van der Waals surface area contributed by atoms with Crippen molar-refractivity contribution < 1.29 is 4.79 Å². The van der Waals surface area contributed by atoms with Gasteiger partial charge in [-0.3, -0.25) is 9.20 Å². The van der Waals surface area contributed by atoms with E-state index in [1.165, 1.54) is 0 Å². The fourth-order valence-corrected chi connectivity index (χ4v) is 2.71. The quantitative estimate of drug-likeness (QED) is 0.771. The van der Waals surface area contributed by atoms with Crippen molar-refractivity contribution in [2.75, 3.05) is 0 Å². The van der Waals surface area contributed by atoms with Crippen LogP contribution in [0.3, 0.4) is 0 Å². The summed E-state index contributed by atoms with van der Waals surface area (Å²) >= 11 is 11.9. The number of amides is 1. The topological polar surface area (TPSA) is 46.4 Å². The van der Waals surface area contributed by atoms with E-state index in [1.807, 2.05) is 19.1 Å². The van der Waals surface area contributed by atoms with E-state index in [1.54, 1.807) is 34.9 Å². The molecule has 1 amide bonds. The van der Waals surface area contributed by atoms with Crippen molar-refractivity contribution in [3.05, 3.63) is 69.6 Å². The van der Waals surface area contributed by atoms with Crippen molar-refractivity contribution in [2.24, 2.45) is 0 Å². The number of fused-ring (bicyclic) bond motifs is 1. The summed E-state index contributed by atoms with van der Waals surface area (Å²) in [6.45, 7) is 2.40. The van der Waals surface area contributed by atoms with Gasteiger partial charge in [0.05, 0.1) is 10.7 Å². The monoisotopic (exact) mass is 347 g/mol. The average molecular weight is 348 g/mol. The number of imidazole rings is 1. The number of nitrogens with one attached hydrogen (secondary N) is 1. The van der Waals surface area contributed by atoms with E-state index in [-0.39, 0.29) is 5.91 Å². The van der Waals surface area contributed by atoms with E-state index in [0.29, 0.717) is 34.4 Å². The molecule has 1 aromatic carbocycles. The summed E-state index contributed by atoms with van der Waals surface area (Å²) < 4.78 is 1.73. The number of aromatic nitrogens is 2. The van der Waals surface area contributed by atoms with Gasteiger partial charge in [-0.1, -0.05) is 42.3 Å². The Morgan fingerprint density at radius 3 is 2.52 bits per heavy atom. The van der Waals surface area contributed by atoms with E-state index in [9.17, 15) is 4.79 Å². The Bertz CT molecular complexity index is 856. The van der Waals surface area contributed by atoms with Crippen LogP contribution in [0.1, 0.15) is 28.7 Å². The number of rotatable bonds is 4. The molecule has 0 fully saturated rings. The van der Waals surface area contributed by atoms with Crippen molar-refractivity contribution >= 4 is 34.8 Å². The Morgan fingerprint density at radius 2 is 1.83 bits per heavy atom. The van der Waals surface area contributed by atoms with Crippen LogP contribution in [-0.4, -0.2) is 15.3 Å². The van der Waals surface area contributed by atoms with Crippen molar-refractivity contribution in [3.63, 3.8) is 0 Å². The Hall–Kier alpha value is -2.04. The van der Waals surface area contributed by atoms with Gasteiger partial charge in [-0.25, -0.2) is 4.98 Å². The molecule has 0 aliphatic carbocycles. The molecule has 4 nitrogen and oxygen atoms in total. The van der Waals surface area contributed by atoms with E-state index < -0.39 is 0 Å². The van der Waals surface area contributed by atoms with Crippen molar-refractivity contribution in [2.45, 2.75) is 19.9 Å². The van der Waals surface area contributed by atoms with Gasteiger partial charge in [0.25, 0.3) is 5.91 Å². The first kappa shape index (κ1) is 15.8. The molecule has 0 aliphatic heterocycles. The average Bonchev–Trinajstić information content (AvgIpc) is 2.91. The first-order chi connectivity index (χ1) is 11.1. The zero-order valence-corrected chi connectivity index (χ0v) is 14.0. The van der Waals surface area contributed by atoms with Gasteiger partial charge in [0.2, 0.25) is 0 Å². The maximum atomic E-state index is 12.6. The van der Waals surface area contributed by atoms with Crippen LogP contribution >= 0.6 is 23.2 Å². The number of nitrogens with zero attached hydrogens (tertiary/aromatic N) is 2. The third-order valence-corrected chi connectivity index (χ3v) is 4.05. The van der Waals surface area contributed by atoms with Crippen LogP contribution in [0.25, 0.3) is 5.65 Å². The summed E-state index contributed by atoms with van der Waals surface area (Å²) in [7, 11) is 0. The smallest absolute Gasteiger partial charge is 0.270 e. The lowest BCUT2D eigenvalue weighted by Gasteiger charge is -2.07. The van der Waals surface area contributed by atoms with Crippen LogP contribution < -0.4 is 5.32 Å². The second-order valence-corrected chi connectivity index (χ2v) is 6.02. The molecule has 0 saturated carbocycles. The summed E-state index contributed by atoms with van der Waals surface area (Å²) in [6, 6.07) is 10.9. The van der Waals surface area contributed by atoms with Crippen LogP contribution in [-0.2, 0) is 13.0 Å². The normalized spacial score (nSPS) is 10.9. The Labute approximate surface area is 144 Å². The first-order valence-corrected chi connectivity index (χ1v) is 8.03. The van der Waals surface area contributed by atoms with Crippen LogP contribution in [0.5, 0.6) is 0 Å².